The molecule has 0 spiro atoms. The predicted molar refractivity (Wildman–Crippen MR) is 437 cm³/mol. The number of aromatic nitrogens is 16. The molecule has 111 heavy (non-hydrogen) atoms. The molecule has 0 bridgehead atoms. The third-order valence-corrected chi connectivity index (χ3v) is 18.9. The molecule has 1 aliphatic rings. The zero-order valence-corrected chi connectivity index (χ0v) is 62.7. The summed E-state index contributed by atoms with van der Waals surface area (Å²) in [4.78, 5) is 112. The highest BCUT2D eigenvalue weighted by molar-refractivity contribution is 6.01. The minimum atomic E-state index is -0.285. The van der Waals surface area contributed by atoms with Crippen LogP contribution in [0.2, 0.25) is 0 Å². The largest absolute Gasteiger partial charge is 0.352 e. The fourth-order valence-corrected chi connectivity index (χ4v) is 13.5. The number of carbonyl (C=O) groups excluding carboxylic acids is 4. The minimum absolute atomic E-state index is 0.00839. The Morgan fingerprint density at radius 2 is 0.721 bits per heavy atom. The fraction of sp³-hybridized carbons (Fsp3) is 0.218. The molecule has 24 heteroatoms. The highest BCUT2D eigenvalue weighted by Crippen LogP contribution is 2.35. The molecule has 17 rings (SSSR count). The van der Waals surface area contributed by atoms with Crippen LogP contribution in [0.25, 0.3) is 135 Å². The Morgan fingerprint density at radius 1 is 0.396 bits per heavy atom. The first-order chi connectivity index (χ1) is 54.1. The van der Waals surface area contributed by atoms with Gasteiger partial charge in [-0.25, -0.2) is 39.9 Å². The summed E-state index contributed by atoms with van der Waals surface area (Å²) in [5.74, 6) is 5.93. The second-order valence-corrected chi connectivity index (χ2v) is 28.7. The molecule has 12 N–H and O–H groups in total. The molecule has 0 atom stereocenters. The van der Waals surface area contributed by atoms with E-state index in [1.54, 1.807) is 55.5 Å². The number of nitrogens with one attached hydrogen (secondary N) is 12. The van der Waals surface area contributed by atoms with Gasteiger partial charge in [0.2, 0.25) is 0 Å². The Morgan fingerprint density at radius 3 is 1.04 bits per heavy atom. The van der Waals surface area contributed by atoms with E-state index in [1.807, 2.05) is 199 Å². The van der Waals surface area contributed by atoms with Crippen molar-refractivity contribution < 1.29 is 19.2 Å². The van der Waals surface area contributed by atoms with Gasteiger partial charge < -0.3 is 61.1 Å². The minimum Gasteiger partial charge on any atom is -0.352 e. The third-order valence-electron chi connectivity index (χ3n) is 18.9. The van der Waals surface area contributed by atoms with Gasteiger partial charge in [0.15, 0.2) is 0 Å². The van der Waals surface area contributed by atoms with Gasteiger partial charge in [0.25, 0.3) is 23.6 Å². The van der Waals surface area contributed by atoms with Crippen LogP contribution in [0, 0.1) is 0 Å². The third kappa shape index (κ3) is 18.0. The smallest absolute Gasteiger partial charge is 0.251 e. The standard InChI is InChI=1S/C23H23N5O.C23H25N5O.C21H21N5O.C20H19N5O/c29-23(26-16-6-2-1-3-7-16)15-10-11-19-20(14-15)28-22(27-19)18-9-5-4-8-17(18)21-24-12-13-25-21;1-2-3-4-7-12-26-23(29)16-10-11-19-20(15-16)28-22(27-19)18-9-6-5-8-17(18)21-24-13-14-25-21;1-21(2,3)26-20(27)13-8-9-16-17(12-13)25-19(24-16)15-7-5-4-6-14(15)18-22-10-11-23-18;1-12(2)23-20(26)13-7-8-16-17(11-13)25-19(24-16)15-6-4-3-5-14(15)18-21-9-10-22-18/h4-5,8-14,16H,1-3,6-7H2,(H,24,25)(H,26,29)(H,27,28);5-6,8-11,13-15H,2-4,7,12H2,1H3,(H,24,25)(H,26,29)(H,27,28);4-12H,1-3H3,(H,22,23)(H,24,25)(H,26,27);3-12H,1-2H3,(H,21,22)(H,23,26)(H,24,25). The molecule has 24 nitrogen and oxygen atoms in total. The lowest BCUT2D eigenvalue weighted by atomic mass is 9.95. The fourth-order valence-electron chi connectivity index (χ4n) is 13.5. The number of nitrogens with zero attached hydrogens (tertiary/aromatic N) is 8. The summed E-state index contributed by atoms with van der Waals surface area (Å²) in [7, 11) is 0. The number of aromatic amines is 8. The normalized spacial score (nSPS) is 12.2. The number of carbonyl (C=O) groups is 4. The first-order valence-electron chi connectivity index (χ1n) is 37.6. The summed E-state index contributed by atoms with van der Waals surface area (Å²) in [5.41, 5.74) is 16.6. The number of H-pyrrole nitrogens is 8. The van der Waals surface area contributed by atoms with Crippen LogP contribution in [0.5, 0.6) is 0 Å². The maximum Gasteiger partial charge on any atom is 0.251 e. The zero-order valence-electron chi connectivity index (χ0n) is 62.7. The van der Waals surface area contributed by atoms with Crippen molar-refractivity contribution in [3.8, 4) is 91.1 Å². The molecule has 0 saturated heterocycles. The van der Waals surface area contributed by atoms with E-state index in [2.05, 4.69) is 93.0 Å². The van der Waals surface area contributed by atoms with Gasteiger partial charge >= 0.3 is 0 Å². The maximum atomic E-state index is 12.7. The van der Waals surface area contributed by atoms with E-state index in [1.165, 1.54) is 32.1 Å². The van der Waals surface area contributed by atoms with Crippen LogP contribution >= 0.6 is 0 Å². The van der Waals surface area contributed by atoms with Crippen molar-refractivity contribution in [3.63, 3.8) is 0 Å². The Hall–Kier alpha value is -13.6. The number of hydrogen-bond acceptors (Lipinski definition) is 12. The molecular weight excluding hydrogens is 1390 g/mol. The Balaban J connectivity index is 0.000000123. The number of fused-ring (bicyclic) bond motifs is 4. The average molecular weight is 1480 g/mol. The lowest BCUT2D eigenvalue weighted by Crippen LogP contribution is -2.40. The van der Waals surface area contributed by atoms with Gasteiger partial charge in [-0.05, 0) is 127 Å². The second kappa shape index (κ2) is 34.1. The van der Waals surface area contributed by atoms with Gasteiger partial charge in [-0.2, -0.15) is 0 Å². The van der Waals surface area contributed by atoms with Crippen molar-refractivity contribution in [1.29, 1.82) is 0 Å². The number of benzene rings is 8. The van der Waals surface area contributed by atoms with Gasteiger partial charge in [-0.1, -0.05) is 143 Å². The molecule has 1 aliphatic carbocycles. The molecule has 8 heterocycles. The molecule has 0 unspecified atom stereocenters. The monoisotopic (exact) mass is 1480 g/mol. The second-order valence-electron chi connectivity index (χ2n) is 28.7. The predicted octanol–water partition coefficient (Wildman–Crippen LogP) is 17.5. The van der Waals surface area contributed by atoms with E-state index in [9.17, 15) is 19.2 Å². The van der Waals surface area contributed by atoms with Crippen LogP contribution in [-0.4, -0.2) is 128 Å². The van der Waals surface area contributed by atoms with E-state index in [4.69, 9.17) is 15.0 Å². The summed E-state index contributed by atoms with van der Waals surface area (Å²) < 4.78 is 0. The topological polar surface area (TPSA) is 346 Å². The quantitative estimate of drug-likeness (QED) is 0.0336. The number of imidazole rings is 8. The van der Waals surface area contributed by atoms with E-state index in [0.29, 0.717) is 34.8 Å². The SMILES string of the molecule is CC(C)(C)NC(=O)c1ccc2nc(-c3ccccc3-c3ncc[nH]3)[nH]c2c1.CC(C)NC(=O)c1ccc2nc(-c3ccccc3-c3ncc[nH]3)[nH]c2c1.CCCCCCNC(=O)c1ccc2nc(-c3ccccc3-c3ncc[nH]3)[nH]c2c1.O=C(NC1CCCCC1)c1ccc2nc(-c3ccccc3-c3ncc[nH]3)[nH]c2c1. The lowest BCUT2D eigenvalue weighted by molar-refractivity contribution is 0.0913. The van der Waals surface area contributed by atoms with Crippen molar-refractivity contribution in [1.82, 2.24) is 101 Å². The molecule has 1 saturated carbocycles. The van der Waals surface area contributed by atoms with Crippen LogP contribution in [-0.2, 0) is 0 Å². The number of rotatable bonds is 19. The van der Waals surface area contributed by atoms with Crippen LogP contribution < -0.4 is 21.3 Å². The molecule has 0 aliphatic heterocycles. The molecule has 16 aromatic rings. The lowest BCUT2D eigenvalue weighted by Gasteiger charge is -2.22. The van der Waals surface area contributed by atoms with E-state index in [-0.39, 0.29) is 35.2 Å². The summed E-state index contributed by atoms with van der Waals surface area (Å²) in [6, 6.07) is 54.5. The van der Waals surface area contributed by atoms with Crippen LogP contribution in [0.4, 0.5) is 0 Å². The first kappa shape index (κ1) is 74.2. The van der Waals surface area contributed by atoms with Crippen LogP contribution in [0.1, 0.15) is 141 Å². The van der Waals surface area contributed by atoms with Crippen LogP contribution in [0.15, 0.2) is 219 Å². The molecule has 560 valence electrons. The summed E-state index contributed by atoms with van der Waals surface area (Å²) in [6.07, 6.45) is 24.5. The van der Waals surface area contributed by atoms with Gasteiger partial charge in [-0.3, -0.25) is 19.2 Å². The van der Waals surface area contributed by atoms with Gasteiger partial charge in [0, 0.05) is 141 Å². The first-order valence-corrected chi connectivity index (χ1v) is 37.6. The van der Waals surface area contributed by atoms with Crippen LogP contribution in [0.3, 0.4) is 0 Å². The average Bonchev–Trinajstić information content (AvgIpc) is 1.67. The van der Waals surface area contributed by atoms with Crippen molar-refractivity contribution in [3.05, 3.63) is 242 Å². The van der Waals surface area contributed by atoms with E-state index in [0.717, 1.165) is 161 Å². The highest BCUT2D eigenvalue weighted by Gasteiger charge is 2.23. The number of unbranched alkanes of at least 4 members (excludes halogenated alkanes) is 3. The molecule has 8 aromatic heterocycles. The molecule has 8 aromatic carbocycles. The van der Waals surface area contributed by atoms with Crippen molar-refractivity contribution in [2.75, 3.05) is 6.54 Å². The van der Waals surface area contributed by atoms with Crippen molar-refractivity contribution >= 4 is 67.8 Å². The Labute approximate surface area is 640 Å². The molecule has 4 amide bonds. The van der Waals surface area contributed by atoms with E-state index < -0.39 is 0 Å². The summed E-state index contributed by atoms with van der Waals surface area (Å²) in [6.45, 7) is 12.7. The molecular formula is C87H88N20O4. The number of hydrogen-bond donors (Lipinski definition) is 12. The molecule has 1 fully saturated rings. The van der Waals surface area contributed by atoms with Gasteiger partial charge in [0.05, 0.1) is 44.1 Å². The summed E-state index contributed by atoms with van der Waals surface area (Å²) in [5, 5.41) is 12.1. The van der Waals surface area contributed by atoms with E-state index >= 15 is 0 Å². The number of amides is 4. The molecule has 0 radical (unpaired) electrons. The Bertz CT molecular complexity index is 5830. The Kier molecular flexibility index (Phi) is 22.8. The highest BCUT2D eigenvalue weighted by atomic mass is 16.2. The zero-order chi connectivity index (χ0) is 76.8. The maximum absolute atomic E-state index is 12.7. The van der Waals surface area contributed by atoms with Gasteiger partial charge in [-0.15, -0.1) is 0 Å². The summed E-state index contributed by atoms with van der Waals surface area (Å²) >= 11 is 0. The van der Waals surface area contributed by atoms with Crippen molar-refractivity contribution in [2.24, 2.45) is 0 Å². The van der Waals surface area contributed by atoms with Crippen molar-refractivity contribution in [2.45, 2.75) is 117 Å². The van der Waals surface area contributed by atoms with Gasteiger partial charge in [0.1, 0.15) is 46.6 Å².